The minimum atomic E-state index is -0.745. The van der Waals surface area contributed by atoms with Crippen molar-refractivity contribution in [3.05, 3.63) is 50.5 Å². The van der Waals surface area contributed by atoms with E-state index in [1.165, 1.54) is 19.2 Å². The number of methoxy groups -OCH3 is 1. The van der Waals surface area contributed by atoms with Crippen molar-refractivity contribution in [3.63, 3.8) is 0 Å². The summed E-state index contributed by atoms with van der Waals surface area (Å²) in [5, 5.41) is 37.7. The van der Waals surface area contributed by atoms with Crippen molar-refractivity contribution >= 4 is 5.69 Å². The Hall–Kier alpha value is -3.74. The van der Waals surface area contributed by atoms with Crippen LogP contribution >= 0.6 is 0 Å². The van der Waals surface area contributed by atoms with Gasteiger partial charge in [-0.2, -0.15) is 10.4 Å². The number of rotatable bonds is 4. The second-order valence-electron chi connectivity index (χ2n) is 5.54. The Morgan fingerprint density at radius 1 is 1.58 bits per heavy atom. The summed E-state index contributed by atoms with van der Waals surface area (Å²) in [6.07, 6.45) is 0.543. The third kappa shape index (κ3) is 2.46. The van der Waals surface area contributed by atoms with E-state index in [1.54, 1.807) is 0 Å². The maximum absolute atomic E-state index is 11.3. The molecule has 0 radical (unpaired) electrons. The summed E-state index contributed by atoms with van der Waals surface area (Å²) in [7, 11) is 1.28. The minimum Gasteiger partial charge on any atom is -0.500 e. The maximum Gasteiger partial charge on any atom is 0.314 e. The lowest BCUT2D eigenvalue weighted by molar-refractivity contribution is -0.386. The summed E-state index contributed by atoms with van der Waals surface area (Å²) in [5.74, 6) is -1.26. The highest BCUT2D eigenvalue weighted by Crippen LogP contribution is 2.47. The molecule has 0 saturated carbocycles. The van der Waals surface area contributed by atoms with Crippen LogP contribution in [0.25, 0.3) is 0 Å². The molecule has 1 aromatic carbocycles. The lowest BCUT2D eigenvalue weighted by atomic mass is 9.83. The van der Waals surface area contributed by atoms with E-state index in [2.05, 4.69) is 10.2 Å². The highest BCUT2D eigenvalue weighted by atomic mass is 16.6. The standard InChI is InChI=1S/C16H15N5O5/c1-3-9-13-12(8(6-17)15(18)26-16(13)20-19-9)7-4-10(21(23)24)14(22)11(5-7)25-2/h4-5,12,22H,3,18H2,1-2H3,(H,19,20). The molecule has 4 N–H and O–H groups in total. The fourth-order valence-corrected chi connectivity index (χ4v) is 2.99. The number of benzene rings is 1. The first-order chi connectivity index (χ1) is 12.4. The topological polar surface area (TPSA) is 160 Å². The molecule has 134 valence electrons. The predicted molar refractivity (Wildman–Crippen MR) is 88.6 cm³/mol. The van der Waals surface area contributed by atoms with Crippen molar-refractivity contribution in [2.45, 2.75) is 19.3 Å². The van der Waals surface area contributed by atoms with Crippen LogP contribution in [0.15, 0.2) is 23.6 Å². The first-order valence-corrected chi connectivity index (χ1v) is 7.62. The fraction of sp³-hybridized carbons (Fsp3) is 0.250. The van der Waals surface area contributed by atoms with Gasteiger partial charge in [-0.15, -0.1) is 0 Å². The smallest absolute Gasteiger partial charge is 0.314 e. The molecule has 2 aromatic rings. The van der Waals surface area contributed by atoms with E-state index in [0.717, 1.165) is 0 Å². The molecular formula is C16H15N5O5. The zero-order valence-corrected chi connectivity index (χ0v) is 13.9. The van der Waals surface area contributed by atoms with Gasteiger partial charge >= 0.3 is 5.69 Å². The van der Waals surface area contributed by atoms with Crippen LogP contribution in [0.4, 0.5) is 5.69 Å². The number of nitro groups is 1. The Balaban J connectivity index is 2.31. The van der Waals surface area contributed by atoms with Crippen molar-refractivity contribution in [3.8, 4) is 23.4 Å². The third-order valence-electron chi connectivity index (χ3n) is 4.19. The van der Waals surface area contributed by atoms with E-state index in [4.69, 9.17) is 15.2 Å². The molecule has 0 saturated heterocycles. The molecule has 10 heteroatoms. The molecular weight excluding hydrogens is 342 g/mol. The number of aromatic hydroxyl groups is 1. The lowest BCUT2D eigenvalue weighted by Gasteiger charge is -2.24. The molecule has 3 rings (SSSR count). The normalized spacial score (nSPS) is 15.8. The first-order valence-electron chi connectivity index (χ1n) is 7.62. The summed E-state index contributed by atoms with van der Waals surface area (Å²) >= 11 is 0. The molecule has 10 nitrogen and oxygen atoms in total. The number of aryl methyl sites for hydroxylation is 1. The van der Waals surface area contributed by atoms with Gasteiger partial charge in [0.05, 0.1) is 29.2 Å². The van der Waals surface area contributed by atoms with Gasteiger partial charge in [0.1, 0.15) is 11.6 Å². The Kier molecular flexibility index (Phi) is 4.13. The zero-order valence-electron chi connectivity index (χ0n) is 13.9. The SMILES string of the molecule is CCc1n[nH]c2c1C(c1cc(OC)c(O)c([N+](=O)[O-])c1)C(C#N)=C(N)O2. The van der Waals surface area contributed by atoms with Crippen LogP contribution in [-0.4, -0.2) is 27.3 Å². The number of hydrogen-bond donors (Lipinski definition) is 3. The molecule has 1 aromatic heterocycles. The lowest BCUT2D eigenvalue weighted by Crippen LogP contribution is -2.21. The number of nitrogens with one attached hydrogen (secondary N) is 1. The second-order valence-corrected chi connectivity index (χ2v) is 5.54. The predicted octanol–water partition coefficient (Wildman–Crippen LogP) is 1.81. The van der Waals surface area contributed by atoms with E-state index >= 15 is 0 Å². The number of phenolic OH excluding ortho intramolecular Hbond substituents is 1. The summed E-state index contributed by atoms with van der Waals surface area (Å²) in [4.78, 5) is 10.6. The van der Waals surface area contributed by atoms with E-state index in [1.807, 2.05) is 13.0 Å². The number of nitrogens with two attached hydrogens (primary N) is 1. The van der Waals surface area contributed by atoms with E-state index < -0.39 is 22.3 Å². The zero-order chi connectivity index (χ0) is 19.0. The average Bonchev–Trinajstić information content (AvgIpc) is 3.02. The maximum atomic E-state index is 11.3. The molecule has 2 heterocycles. The van der Waals surface area contributed by atoms with Crippen molar-refractivity contribution in [1.82, 2.24) is 10.2 Å². The van der Waals surface area contributed by atoms with Crippen molar-refractivity contribution in [2.24, 2.45) is 5.73 Å². The number of allylic oxidation sites excluding steroid dienone is 1. The van der Waals surface area contributed by atoms with Gasteiger partial charge in [0, 0.05) is 6.07 Å². The first kappa shape index (κ1) is 17.1. The van der Waals surface area contributed by atoms with Crippen LogP contribution in [0.2, 0.25) is 0 Å². The van der Waals surface area contributed by atoms with Crippen LogP contribution in [0, 0.1) is 21.4 Å². The molecule has 0 fully saturated rings. The van der Waals surface area contributed by atoms with Gasteiger partial charge < -0.3 is 20.3 Å². The number of ether oxygens (including phenoxy) is 2. The number of H-pyrrole nitrogens is 1. The summed E-state index contributed by atoms with van der Waals surface area (Å²) < 4.78 is 10.5. The number of fused-ring (bicyclic) bond motifs is 1. The van der Waals surface area contributed by atoms with E-state index in [-0.39, 0.29) is 23.1 Å². The molecule has 0 amide bonds. The van der Waals surface area contributed by atoms with Crippen molar-refractivity contribution in [2.75, 3.05) is 7.11 Å². The second kappa shape index (κ2) is 6.29. The number of nitro benzene ring substituents is 1. The van der Waals surface area contributed by atoms with Gasteiger partial charge in [0.15, 0.2) is 5.75 Å². The highest BCUT2D eigenvalue weighted by Gasteiger charge is 2.36. The van der Waals surface area contributed by atoms with Crippen molar-refractivity contribution < 1.29 is 19.5 Å². The van der Waals surface area contributed by atoms with Crippen LogP contribution in [-0.2, 0) is 6.42 Å². The quantitative estimate of drug-likeness (QED) is 0.551. The Morgan fingerprint density at radius 2 is 2.31 bits per heavy atom. The summed E-state index contributed by atoms with van der Waals surface area (Å²) in [6.45, 7) is 1.88. The minimum absolute atomic E-state index is 0.0837. The van der Waals surface area contributed by atoms with Crippen LogP contribution < -0.4 is 15.2 Å². The van der Waals surface area contributed by atoms with Crippen LogP contribution in [0.1, 0.15) is 29.7 Å². The fourth-order valence-electron chi connectivity index (χ4n) is 2.99. The highest BCUT2D eigenvalue weighted by molar-refractivity contribution is 5.63. The van der Waals surface area contributed by atoms with Gasteiger partial charge in [-0.05, 0) is 18.1 Å². The molecule has 1 aliphatic rings. The van der Waals surface area contributed by atoms with Gasteiger partial charge in [0.2, 0.25) is 17.5 Å². The molecule has 26 heavy (non-hydrogen) atoms. The number of hydrogen-bond acceptors (Lipinski definition) is 8. The Bertz CT molecular complexity index is 972. The van der Waals surface area contributed by atoms with Gasteiger partial charge in [-0.3, -0.25) is 10.1 Å². The Morgan fingerprint density at radius 3 is 2.88 bits per heavy atom. The van der Waals surface area contributed by atoms with Gasteiger partial charge in [0.25, 0.3) is 0 Å². The number of nitriles is 1. The molecule has 0 bridgehead atoms. The van der Waals surface area contributed by atoms with E-state index in [0.29, 0.717) is 23.2 Å². The van der Waals surface area contributed by atoms with Crippen LogP contribution in [0.3, 0.4) is 0 Å². The largest absolute Gasteiger partial charge is 0.500 e. The molecule has 0 spiro atoms. The Labute approximate surface area is 147 Å². The number of nitrogens with zero attached hydrogens (tertiary/aromatic N) is 3. The number of aromatic amines is 1. The van der Waals surface area contributed by atoms with Crippen LogP contribution in [0.5, 0.6) is 17.4 Å². The molecule has 1 aliphatic heterocycles. The summed E-state index contributed by atoms with van der Waals surface area (Å²) in [5.41, 5.74) is 6.97. The van der Waals surface area contributed by atoms with E-state index in [9.17, 15) is 20.5 Å². The average molecular weight is 357 g/mol. The van der Waals surface area contributed by atoms with Gasteiger partial charge in [-0.25, -0.2) is 5.10 Å². The molecule has 1 unspecified atom stereocenters. The third-order valence-corrected chi connectivity index (χ3v) is 4.19. The number of phenols is 1. The van der Waals surface area contributed by atoms with Gasteiger partial charge in [-0.1, -0.05) is 6.92 Å². The number of aromatic nitrogens is 2. The van der Waals surface area contributed by atoms with Crippen molar-refractivity contribution in [1.29, 1.82) is 5.26 Å². The molecule has 1 atom stereocenters. The molecule has 0 aliphatic carbocycles. The monoisotopic (exact) mass is 357 g/mol. The summed E-state index contributed by atoms with van der Waals surface area (Å²) in [6, 6.07) is 4.62.